The summed E-state index contributed by atoms with van der Waals surface area (Å²) >= 11 is 1.51. The quantitative estimate of drug-likeness (QED) is 0.277. The Hall–Kier alpha value is -3.50. The molecule has 0 aromatic heterocycles. The third-order valence-corrected chi connectivity index (χ3v) is 10.2. The van der Waals surface area contributed by atoms with Crippen molar-refractivity contribution in [3.05, 3.63) is 83.9 Å². The Morgan fingerprint density at radius 3 is 2.17 bits per heavy atom. The summed E-state index contributed by atoms with van der Waals surface area (Å²) < 4.78 is 34.4. The van der Waals surface area contributed by atoms with E-state index >= 15 is 0 Å². The number of methoxy groups -OCH3 is 1. The van der Waals surface area contributed by atoms with Gasteiger partial charge in [-0.15, -0.1) is 11.8 Å². The van der Waals surface area contributed by atoms with Crippen molar-refractivity contribution in [3.8, 4) is 5.75 Å². The summed E-state index contributed by atoms with van der Waals surface area (Å²) in [5.74, 6) is -0.0567. The van der Waals surface area contributed by atoms with Crippen LogP contribution in [0.25, 0.3) is 0 Å². The molecule has 0 radical (unpaired) electrons. The first-order valence-corrected chi connectivity index (χ1v) is 16.7. The zero-order chi connectivity index (χ0) is 30.3. The lowest BCUT2D eigenvalue weighted by molar-refractivity contribution is -0.139. The van der Waals surface area contributed by atoms with Crippen molar-refractivity contribution in [1.82, 2.24) is 10.2 Å². The summed E-state index contributed by atoms with van der Waals surface area (Å²) in [6, 6.07) is 20.2. The largest absolute Gasteiger partial charge is 0.497 e. The van der Waals surface area contributed by atoms with Crippen molar-refractivity contribution in [3.63, 3.8) is 0 Å². The first kappa shape index (κ1) is 31.4. The molecule has 8 nitrogen and oxygen atoms in total. The van der Waals surface area contributed by atoms with Crippen LogP contribution in [0.1, 0.15) is 43.7 Å². The fourth-order valence-electron chi connectivity index (χ4n) is 5.02. The molecule has 42 heavy (non-hydrogen) atoms. The highest BCUT2D eigenvalue weighted by Crippen LogP contribution is 2.27. The van der Waals surface area contributed by atoms with Gasteiger partial charge >= 0.3 is 0 Å². The number of thioether (sulfide) groups is 1. The van der Waals surface area contributed by atoms with Gasteiger partial charge in [-0.3, -0.25) is 13.9 Å². The normalized spacial score (nSPS) is 14.3. The van der Waals surface area contributed by atoms with Gasteiger partial charge in [0.25, 0.3) is 10.0 Å². The van der Waals surface area contributed by atoms with Gasteiger partial charge < -0.3 is 15.0 Å². The number of nitrogens with zero attached hydrogens (tertiary/aromatic N) is 2. The van der Waals surface area contributed by atoms with Gasteiger partial charge in [0.15, 0.2) is 0 Å². The lowest BCUT2D eigenvalue weighted by Crippen LogP contribution is -2.52. The van der Waals surface area contributed by atoms with E-state index in [2.05, 4.69) is 5.32 Å². The van der Waals surface area contributed by atoms with Gasteiger partial charge in [-0.1, -0.05) is 42.7 Å². The lowest BCUT2D eigenvalue weighted by Gasteiger charge is -2.32. The summed E-state index contributed by atoms with van der Waals surface area (Å²) in [5, 5.41) is 3.09. The molecule has 1 atom stereocenters. The third kappa shape index (κ3) is 7.66. The number of amides is 2. The van der Waals surface area contributed by atoms with Crippen LogP contribution in [0.2, 0.25) is 0 Å². The minimum Gasteiger partial charge on any atom is -0.497 e. The first-order valence-electron chi connectivity index (χ1n) is 14.1. The Morgan fingerprint density at radius 2 is 1.60 bits per heavy atom. The second-order valence-electron chi connectivity index (χ2n) is 10.6. The van der Waals surface area contributed by atoms with Gasteiger partial charge in [0.1, 0.15) is 18.3 Å². The van der Waals surface area contributed by atoms with Crippen LogP contribution in [-0.2, 0) is 26.2 Å². The van der Waals surface area contributed by atoms with E-state index in [1.54, 1.807) is 62.6 Å². The summed E-state index contributed by atoms with van der Waals surface area (Å²) in [4.78, 5) is 29.9. The number of benzene rings is 3. The molecule has 0 saturated heterocycles. The lowest BCUT2D eigenvalue weighted by atomic mass is 10.1. The SMILES string of the molecule is COc1ccc(CN(C(=O)CN(c2ccc(C)cc2)S(=O)(=O)c2ccc(SC)cc2)[C@H](C)C(=O)NC2CCCC2)cc1. The Morgan fingerprint density at radius 1 is 0.976 bits per heavy atom. The molecule has 1 fully saturated rings. The molecule has 1 N–H and O–H groups in total. The summed E-state index contributed by atoms with van der Waals surface area (Å²) in [5.41, 5.74) is 2.13. The summed E-state index contributed by atoms with van der Waals surface area (Å²) in [6.07, 6.45) is 5.88. The highest BCUT2D eigenvalue weighted by Gasteiger charge is 2.33. The van der Waals surface area contributed by atoms with E-state index in [0.717, 1.165) is 46.0 Å². The number of hydrogen-bond acceptors (Lipinski definition) is 6. The first-order chi connectivity index (χ1) is 20.1. The van der Waals surface area contributed by atoms with E-state index < -0.39 is 28.5 Å². The van der Waals surface area contributed by atoms with Crippen LogP contribution in [0.4, 0.5) is 5.69 Å². The highest BCUT2D eigenvalue weighted by molar-refractivity contribution is 7.98. The molecule has 224 valence electrons. The predicted octanol–water partition coefficient (Wildman–Crippen LogP) is 5.40. The van der Waals surface area contributed by atoms with Gasteiger partial charge in [0.2, 0.25) is 11.8 Å². The number of ether oxygens (including phenoxy) is 1. The third-order valence-electron chi connectivity index (χ3n) is 7.63. The van der Waals surface area contributed by atoms with Crippen LogP contribution in [0.15, 0.2) is 82.6 Å². The van der Waals surface area contributed by atoms with Crippen LogP contribution < -0.4 is 14.4 Å². The fraction of sp³-hybridized carbons (Fsp3) is 0.375. The molecule has 0 spiro atoms. The summed E-state index contributed by atoms with van der Waals surface area (Å²) in [7, 11) is -2.53. The van der Waals surface area contributed by atoms with Crippen LogP contribution in [0.3, 0.4) is 0 Å². The number of hydrogen-bond donors (Lipinski definition) is 1. The number of carbonyl (C=O) groups excluding carboxylic acids is 2. The topological polar surface area (TPSA) is 96.0 Å². The van der Waals surface area contributed by atoms with Crippen molar-refractivity contribution < 1.29 is 22.7 Å². The van der Waals surface area contributed by atoms with Gasteiger partial charge in [-0.2, -0.15) is 0 Å². The van der Waals surface area contributed by atoms with Gasteiger partial charge in [0.05, 0.1) is 17.7 Å². The van der Waals surface area contributed by atoms with Crippen molar-refractivity contribution >= 4 is 39.3 Å². The average Bonchev–Trinajstić information content (AvgIpc) is 3.52. The minimum absolute atomic E-state index is 0.0856. The summed E-state index contributed by atoms with van der Waals surface area (Å²) in [6.45, 7) is 3.27. The van der Waals surface area contributed by atoms with Crippen molar-refractivity contribution in [2.45, 2.75) is 68.0 Å². The van der Waals surface area contributed by atoms with E-state index in [9.17, 15) is 18.0 Å². The zero-order valence-corrected chi connectivity index (χ0v) is 26.2. The van der Waals surface area contributed by atoms with Crippen molar-refractivity contribution in [2.24, 2.45) is 0 Å². The van der Waals surface area contributed by atoms with Gasteiger partial charge in [-0.05, 0) is 87.0 Å². The van der Waals surface area contributed by atoms with E-state index in [0.29, 0.717) is 11.4 Å². The molecular formula is C32H39N3O5S2. The number of anilines is 1. The molecule has 1 saturated carbocycles. The fourth-order valence-corrected chi connectivity index (χ4v) is 6.84. The van der Waals surface area contributed by atoms with Crippen LogP contribution in [0.5, 0.6) is 5.75 Å². The Bertz CT molecular complexity index is 1450. The molecule has 0 bridgehead atoms. The Labute approximate surface area is 253 Å². The van der Waals surface area contributed by atoms with Crippen molar-refractivity contribution in [2.75, 3.05) is 24.2 Å². The number of rotatable bonds is 12. The van der Waals surface area contributed by atoms with Crippen molar-refractivity contribution in [1.29, 1.82) is 0 Å². The Balaban J connectivity index is 1.67. The van der Waals surface area contributed by atoms with Gasteiger partial charge in [0, 0.05) is 17.5 Å². The molecular weight excluding hydrogens is 571 g/mol. The molecule has 0 unspecified atom stereocenters. The van der Waals surface area contributed by atoms with Crippen LogP contribution in [-0.4, -0.2) is 57.1 Å². The van der Waals surface area contributed by atoms with Gasteiger partial charge in [-0.25, -0.2) is 8.42 Å². The molecule has 2 amide bonds. The molecule has 0 heterocycles. The maximum atomic E-state index is 14.1. The number of sulfonamides is 1. The zero-order valence-electron chi connectivity index (χ0n) is 24.6. The predicted molar refractivity (Wildman–Crippen MR) is 167 cm³/mol. The minimum atomic E-state index is -4.11. The smallest absolute Gasteiger partial charge is 0.264 e. The molecule has 10 heteroatoms. The maximum Gasteiger partial charge on any atom is 0.264 e. The molecule has 3 aromatic rings. The van der Waals surface area contributed by atoms with E-state index in [1.165, 1.54) is 16.7 Å². The molecule has 0 aliphatic heterocycles. The average molecular weight is 610 g/mol. The standard InChI is InChI=1S/C32H39N3O5S2/c1-23-9-13-27(14-10-23)35(42(38,39)30-19-17-29(41-4)18-20-30)22-31(36)34(21-25-11-15-28(40-3)16-12-25)24(2)32(37)33-26-7-5-6-8-26/h9-20,24,26H,5-8,21-22H2,1-4H3,(H,33,37)/t24-/m1/s1. The highest BCUT2D eigenvalue weighted by atomic mass is 32.2. The molecule has 1 aliphatic rings. The molecule has 1 aliphatic carbocycles. The number of carbonyl (C=O) groups is 2. The Kier molecular flexibility index (Phi) is 10.6. The number of aryl methyl sites for hydroxylation is 1. The number of nitrogens with one attached hydrogen (secondary N) is 1. The van der Waals surface area contributed by atoms with E-state index in [1.807, 2.05) is 37.4 Å². The molecule has 4 rings (SSSR count). The monoisotopic (exact) mass is 609 g/mol. The van der Waals surface area contributed by atoms with E-state index in [-0.39, 0.29) is 23.4 Å². The second kappa shape index (κ2) is 14.1. The second-order valence-corrected chi connectivity index (χ2v) is 13.3. The molecule has 3 aromatic carbocycles. The van der Waals surface area contributed by atoms with E-state index in [4.69, 9.17) is 4.74 Å². The maximum absolute atomic E-state index is 14.1. The van der Waals surface area contributed by atoms with Crippen LogP contribution >= 0.6 is 11.8 Å². The van der Waals surface area contributed by atoms with Crippen LogP contribution in [0, 0.1) is 6.92 Å².